The van der Waals surface area contributed by atoms with Gasteiger partial charge in [-0.1, -0.05) is 77.3 Å². The third kappa shape index (κ3) is 14.7. The highest BCUT2D eigenvalue weighted by atomic mass is 35.5. The average Bonchev–Trinajstić information content (AvgIpc) is 3.97. The normalized spacial score (nSPS) is 11.3. The summed E-state index contributed by atoms with van der Waals surface area (Å²) in [4.78, 5) is 32.2. The number of aromatic nitrogens is 12. The van der Waals surface area contributed by atoms with Crippen molar-refractivity contribution in [2.45, 2.75) is 46.3 Å². The van der Waals surface area contributed by atoms with Crippen molar-refractivity contribution in [1.82, 2.24) is 60.6 Å². The first-order valence-corrected chi connectivity index (χ1v) is 16.2. The lowest BCUT2D eigenvalue weighted by atomic mass is 10.3. The van der Waals surface area contributed by atoms with Gasteiger partial charge in [0.2, 0.25) is 17.2 Å². The SMILES string of the molecule is C.CC(Nc1nnnn1-c1ccccc1)C(=O)O.COC(=O)C(C)Nc1nnnn1-c1ccccc1.COC(=O)[C@H](C)N.Cl.Clc1nnnn1-c1ccccc1. The number of carbonyl (C=O) groups excluding carboxylic acids is 2. The number of carboxylic acids is 1. The van der Waals surface area contributed by atoms with Crippen LogP contribution in [0.4, 0.5) is 11.9 Å². The highest BCUT2D eigenvalue weighted by Crippen LogP contribution is 2.13. The maximum Gasteiger partial charge on any atom is 0.328 e. The molecule has 6 rings (SSSR count). The van der Waals surface area contributed by atoms with Gasteiger partial charge in [0, 0.05) is 0 Å². The number of nitrogens with two attached hydrogens (primary N) is 1. The molecule has 0 amide bonds. The van der Waals surface area contributed by atoms with Crippen LogP contribution in [0.25, 0.3) is 17.1 Å². The summed E-state index contributed by atoms with van der Waals surface area (Å²) in [5.41, 5.74) is 7.50. The standard InChI is InChI=1S/C11H13N5O2.C10H11N5O2.C7H5ClN4.C4H9NO2.CH4.ClH/c1-8(10(17)18-2)12-11-13-14-15-16(11)9-6-4-3-5-7-9;1-7(9(16)17)11-10-12-13-14-15(10)8-5-3-2-4-6-8;8-7-9-10-11-12(7)6-4-2-1-3-5-6;1-3(5)4(6)7-2;;/h3-8H,1-2H3,(H,12,13,15);2-7H,1H3,(H,16,17)(H,11,12,14);1-5H;3H,5H2,1-2H3;1H4;1H/t;;;3-;;/m...0../s1. The molecule has 56 heavy (non-hydrogen) atoms. The van der Waals surface area contributed by atoms with Gasteiger partial charge in [-0.3, -0.25) is 9.59 Å². The van der Waals surface area contributed by atoms with E-state index in [0.717, 1.165) is 17.1 Å². The van der Waals surface area contributed by atoms with Crippen LogP contribution in [0.15, 0.2) is 91.0 Å². The summed E-state index contributed by atoms with van der Waals surface area (Å²) in [5, 5.41) is 47.7. The molecule has 0 radical (unpaired) electrons. The van der Waals surface area contributed by atoms with Crippen molar-refractivity contribution in [2.24, 2.45) is 5.73 Å². The smallest absolute Gasteiger partial charge is 0.328 e. The lowest BCUT2D eigenvalue weighted by molar-refractivity contribution is -0.142. The summed E-state index contributed by atoms with van der Waals surface area (Å²) in [6, 6.07) is 26.3. The quantitative estimate of drug-likeness (QED) is 0.145. The van der Waals surface area contributed by atoms with Crippen LogP contribution in [0.1, 0.15) is 28.2 Å². The molecule has 0 saturated heterocycles. The van der Waals surface area contributed by atoms with Gasteiger partial charge in [-0.15, -0.1) is 12.4 Å². The minimum Gasteiger partial charge on any atom is -0.480 e. The van der Waals surface area contributed by atoms with E-state index in [4.69, 9.17) is 22.4 Å². The molecule has 300 valence electrons. The van der Waals surface area contributed by atoms with E-state index < -0.39 is 24.1 Å². The Morgan fingerprint density at radius 2 is 1.00 bits per heavy atom. The molecule has 0 saturated carbocycles. The number of tetrazole rings is 3. The second-order valence-corrected chi connectivity index (χ2v) is 10.9. The first-order valence-electron chi connectivity index (χ1n) is 15.8. The highest BCUT2D eigenvalue weighted by Gasteiger charge is 2.17. The van der Waals surface area contributed by atoms with E-state index in [0.29, 0.717) is 11.9 Å². The van der Waals surface area contributed by atoms with Crippen molar-refractivity contribution in [2.75, 3.05) is 24.9 Å². The van der Waals surface area contributed by atoms with Crippen molar-refractivity contribution in [3.05, 3.63) is 96.3 Å². The van der Waals surface area contributed by atoms with Crippen LogP contribution in [0.5, 0.6) is 0 Å². The molecule has 6 aromatic rings. The van der Waals surface area contributed by atoms with Gasteiger partial charge in [-0.2, -0.15) is 14.0 Å². The molecule has 0 aliphatic heterocycles. The minimum absolute atomic E-state index is 0. The van der Waals surface area contributed by atoms with Gasteiger partial charge in [-0.25, -0.2) is 4.79 Å². The summed E-state index contributed by atoms with van der Waals surface area (Å²) >= 11 is 5.70. The van der Waals surface area contributed by atoms with Crippen LogP contribution >= 0.6 is 24.0 Å². The van der Waals surface area contributed by atoms with Crippen LogP contribution in [-0.2, 0) is 23.9 Å². The van der Waals surface area contributed by atoms with Crippen molar-refractivity contribution >= 4 is 53.8 Å². The van der Waals surface area contributed by atoms with Gasteiger partial charge >= 0.3 is 17.9 Å². The molecular weight excluding hydrogens is 773 g/mol. The van der Waals surface area contributed by atoms with Gasteiger partial charge in [0.1, 0.15) is 18.1 Å². The van der Waals surface area contributed by atoms with E-state index in [1.54, 1.807) is 13.8 Å². The second-order valence-electron chi connectivity index (χ2n) is 10.6. The van der Waals surface area contributed by atoms with Gasteiger partial charge in [-0.05, 0) is 100 Å². The Morgan fingerprint density at radius 3 is 1.32 bits per heavy atom. The van der Waals surface area contributed by atoms with Crippen molar-refractivity contribution in [1.29, 1.82) is 0 Å². The largest absolute Gasteiger partial charge is 0.480 e. The average molecular weight is 817 g/mol. The van der Waals surface area contributed by atoms with E-state index in [9.17, 15) is 14.4 Å². The van der Waals surface area contributed by atoms with E-state index >= 15 is 0 Å². The van der Waals surface area contributed by atoms with Crippen LogP contribution in [0, 0.1) is 0 Å². The number of carbonyl (C=O) groups is 3. The number of ether oxygens (including phenoxy) is 2. The first kappa shape index (κ1) is 47.4. The maximum absolute atomic E-state index is 11.3. The molecule has 5 N–H and O–H groups in total. The summed E-state index contributed by atoms with van der Waals surface area (Å²) in [6.07, 6.45) is 0. The van der Waals surface area contributed by atoms with Crippen molar-refractivity contribution in [3.8, 4) is 17.1 Å². The fourth-order valence-corrected chi connectivity index (χ4v) is 3.98. The Balaban J connectivity index is 0.000000386. The molecule has 3 atom stereocenters. The van der Waals surface area contributed by atoms with Crippen LogP contribution in [-0.4, -0.2) is 116 Å². The van der Waals surface area contributed by atoms with E-state index in [1.807, 2.05) is 91.0 Å². The number of benzene rings is 3. The van der Waals surface area contributed by atoms with E-state index in [1.165, 1.54) is 35.2 Å². The van der Waals surface area contributed by atoms with Gasteiger partial charge in [0.05, 0.1) is 31.3 Å². The Morgan fingerprint density at radius 1 is 0.643 bits per heavy atom. The number of nitrogens with one attached hydrogen (secondary N) is 2. The van der Waals surface area contributed by atoms with Crippen molar-refractivity contribution < 1.29 is 29.0 Å². The number of methoxy groups -OCH3 is 2. The number of hydrogen-bond acceptors (Lipinski definition) is 17. The molecule has 3 aromatic heterocycles. The monoisotopic (exact) mass is 815 g/mol. The van der Waals surface area contributed by atoms with Gasteiger partial charge in [0.15, 0.2) is 0 Å². The summed E-state index contributed by atoms with van der Waals surface area (Å²) < 4.78 is 13.3. The molecule has 0 spiro atoms. The molecule has 3 aromatic carbocycles. The Kier molecular flexibility index (Phi) is 20.9. The molecule has 0 fully saturated rings. The summed E-state index contributed by atoms with van der Waals surface area (Å²) in [7, 11) is 2.65. The number of anilines is 2. The Labute approximate surface area is 332 Å². The fraction of sp³-hybridized carbons (Fsp3) is 0.273. The fourth-order valence-electron chi connectivity index (χ4n) is 3.81. The predicted molar refractivity (Wildman–Crippen MR) is 208 cm³/mol. The number of esters is 2. The summed E-state index contributed by atoms with van der Waals surface area (Å²) in [6.45, 7) is 4.77. The van der Waals surface area contributed by atoms with E-state index in [-0.39, 0.29) is 37.1 Å². The van der Waals surface area contributed by atoms with Gasteiger partial charge < -0.3 is 30.9 Å². The van der Waals surface area contributed by atoms with Crippen LogP contribution in [0.2, 0.25) is 5.28 Å². The molecule has 0 aliphatic carbocycles. The van der Waals surface area contributed by atoms with E-state index in [2.05, 4.69) is 66.7 Å². The lowest BCUT2D eigenvalue weighted by Gasteiger charge is -2.11. The number of nitrogens with zero attached hydrogens (tertiary/aromatic N) is 12. The maximum atomic E-state index is 11.3. The minimum atomic E-state index is -0.965. The number of aliphatic carboxylic acids is 1. The summed E-state index contributed by atoms with van der Waals surface area (Å²) in [5.74, 6) is -1.03. The number of para-hydroxylation sites is 3. The molecule has 0 aliphatic rings. The first-order chi connectivity index (χ1) is 26.0. The lowest BCUT2D eigenvalue weighted by Crippen LogP contribution is -2.28. The number of halogens is 2. The van der Waals surface area contributed by atoms with Crippen LogP contribution < -0.4 is 16.4 Å². The van der Waals surface area contributed by atoms with Crippen molar-refractivity contribution in [3.63, 3.8) is 0 Å². The Bertz CT molecular complexity index is 2020. The molecule has 3 heterocycles. The molecule has 2 unspecified atom stereocenters. The topological polar surface area (TPSA) is 271 Å². The highest BCUT2D eigenvalue weighted by molar-refractivity contribution is 6.28. The zero-order valence-electron chi connectivity index (χ0n) is 30.1. The third-order valence-electron chi connectivity index (χ3n) is 6.56. The molecule has 0 bridgehead atoms. The molecule has 23 heteroatoms. The molecule has 21 nitrogen and oxygen atoms in total. The van der Waals surface area contributed by atoms with Crippen LogP contribution in [0.3, 0.4) is 0 Å². The van der Waals surface area contributed by atoms with Gasteiger partial charge in [0.25, 0.3) is 0 Å². The zero-order valence-corrected chi connectivity index (χ0v) is 31.7. The second kappa shape index (κ2) is 24.7. The number of carboxylic acid groups (broad SMARTS) is 1. The predicted octanol–water partition coefficient (Wildman–Crippen LogP) is 3.06. The Hall–Kier alpha value is -6.58. The number of hydrogen-bond donors (Lipinski definition) is 4. The third-order valence-corrected chi connectivity index (χ3v) is 6.80. The molecular formula is C33H43Cl2N15O6. The zero-order chi connectivity index (χ0) is 39.5. The number of rotatable bonds is 10.